The third kappa shape index (κ3) is 3.14. The zero-order chi connectivity index (χ0) is 10.5. The van der Waals surface area contributed by atoms with Gasteiger partial charge in [-0.2, -0.15) is 0 Å². The third-order valence-electron chi connectivity index (χ3n) is 1.86. The van der Waals surface area contributed by atoms with E-state index in [0.717, 1.165) is 6.42 Å². The molecule has 3 nitrogen and oxygen atoms in total. The molecule has 0 radical (unpaired) electrons. The number of hydrogen-bond acceptors (Lipinski definition) is 4. The van der Waals surface area contributed by atoms with Gasteiger partial charge in [0, 0.05) is 22.9 Å². The molecule has 0 aliphatic rings. The van der Waals surface area contributed by atoms with Crippen molar-refractivity contribution in [3.8, 4) is 0 Å². The number of amides is 1. The molecule has 0 atom stereocenters. The van der Waals surface area contributed by atoms with Crippen LogP contribution in [0.25, 0.3) is 0 Å². The van der Waals surface area contributed by atoms with Crippen LogP contribution in [0.1, 0.15) is 11.3 Å². The third-order valence-corrected chi connectivity index (χ3v) is 3.48. The van der Waals surface area contributed by atoms with Crippen molar-refractivity contribution >= 4 is 33.7 Å². The Morgan fingerprint density at radius 3 is 3.00 bits per heavy atom. The molecular weight excluding hydrogens is 228 g/mol. The molecule has 0 aliphatic heterocycles. The van der Waals surface area contributed by atoms with Crippen molar-refractivity contribution < 1.29 is 4.79 Å². The molecule has 2 heterocycles. The molecule has 0 saturated carbocycles. The van der Waals surface area contributed by atoms with E-state index in [1.807, 2.05) is 22.9 Å². The van der Waals surface area contributed by atoms with Crippen LogP contribution in [0, 0.1) is 0 Å². The molecule has 0 unspecified atom stereocenters. The number of rotatable bonds is 4. The Hall–Kier alpha value is -1.20. The minimum Gasteiger partial charge on any atom is -0.302 e. The van der Waals surface area contributed by atoms with Crippen LogP contribution in [-0.4, -0.2) is 10.9 Å². The Labute approximate surface area is 95.8 Å². The van der Waals surface area contributed by atoms with Crippen molar-refractivity contribution in [3.05, 3.63) is 34.0 Å². The molecule has 2 aromatic heterocycles. The van der Waals surface area contributed by atoms with Crippen LogP contribution < -0.4 is 5.32 Å². The molecule has 0 fully saturated rings. The lowest BCUT2D eigenvalue weighted by Crippen LogP contribution is -2.11. The smallest absolute Gasteiger partial charge is 0.226 e. The number of nitrogens with zero attached hydrogens (tertiary/aromatic N) is 1. The molecule has 0 spiro atoms. The average molecular weight is 238 g/mol. The van der Waals surface area contributed by atoms with Gasteiger partial charge in [0.2, 0.25) is 5.91 Å². The normalized spacial score (nSPS) is 10.1. The summed E-state index contributed by atoms with van der Waals surface area (Å²) >= 11 is 3.11. The summed E-state index contributed by atoms with van der Waals surface area (Å²) in [6.45, 7) is 0. The van der Waals surface area contributed by atoms with Gasteiger partial charge in [0.25, 0.3) is 0 Å². The standard InChI is InChI=1S/C10H10N2OS2/c13-9(12-10-11-5-7-15-10)4-3-8-2-1-6-14-8/h1-2,5-7H,3-4H2,(H,11,12,13). The molecular formula is C10H10N2OS2. The van der Waals surface area contributed by atoms with Gasteiger partial charge in [0.05, 0.1) is 0 Å². The van der Waals surface area contributed by atoms with Crippen LogP contribution in [0.5, 0.6) is 0 Å². The summed E-state index contributed by atoms with van der Waals surface area (Å²) in [7, 11) is 0. The van der Waals surface area contributed by atoms with Crippen LogP contribution in [-0.2, 0) is 11.2 Å². The molecule has 0 aromatic carbocycles. The first-order valence-corrected chi connectivity index (χ1v) is 6.32. The van der Waals surface area contributed by atoms with Gasteiger partial charge in [-0.25, -0.2) is 4.98 Å². The zero-order valence-electron chi connectivity index (χ0n) is 7.97. The Morgan fingerprint density at radius 1 is 1.40 bits per heavy atom. The Morgan fingerprint density at radius 2 is 2.33 bits per heavy atom. The second-order valence-corrected chi connectivity index (χ2v) is 4.89. The lowest BCUT2D eigenvalue weighted by Gasteiger charge is -1.99. The molecule has 0 bridgehead atoms. The highest BCUT2D eigenvalue weighted by Gasteiger charge is 2.04. The zero-order valence-corrected chi connectivity index (χ0v) is 9.61. The van der Waals surface area contributed by atoms with E-state index in [4.69, 9.17) is 0 Å². The van der Waals surface area contributed by atoms with Gasteiger partial charge in [0.15, 0.2) is 5.13 Å². The second-order valence-electron chi connectivity index (χ2n) is 2.96. The largest absolute Gasteiger partial charge is 0.302 e. The number of thiazole rings is 1. The summed E-state index contributed by atoms with van der Waals surface area (Å²) in [4.78, 5) is 16.7. The number of aryl methyl sites for hydroxylation is 1. The molecule has 1 amide bonds. The molecule has 5 heteroatoms. The highest BCUT2D eigenvalue weighted by atomic mass is 32.1. The number of hydrogen-bond donors (Lipinski definition) is 1. The summed E-state index contributed by atoms with van der Waals surface area (Å²) in [5.74, 6) is 0.0263. The summed E-state index contributed by atoms with van der Waals surface area (Å²) < 4.78 is 0. The number of carbonyl (C=O) groups is 1. The lowest BCUT2D eigenvalue weighted by atomic mass is 10.2. The number of thiophene rings is 1. The van der Waals surface area contributed by atoms with Crippen LogP contribution in [0.2, 0.25) is 0 Å². The summed E-state index contributed by atoms with van der Waals surface area (Å²) in [5.41, 5.74) is 0. The maximum atomic E-state index is 11.5. The SMILES string of the molecule is O=C(CCc1cccs1)Nc1nccs1. The van der Waals surface area contributed by atoms with Gasteiger partial charge in [-0.05, 0) is 17.9 Å². The van der Waals surface area contributed by atoms with Gasteiger partial charge in [0.1, 0.15) is 0 Å². The van der Waals surface area contributed by atoms with E-state index in [1.165, 1.54) is 16.2 Å². The van der Waals surface area contributed by atoms with Crippen molar-refractivity contribution in [2.75, 3.05) is 5.32 Å². The van der Waals surface area contributed by atoms with Crippen molar-refractivity contribution in [1.82, 2.24) is 4.98 Å². The first-order valence-electron chi connectivity index (χ1n) is 4.56. The van der Waals surface area contributed by atoms with E-state index in [9.17, 15) is 4.79 Å². The van der Waals surface area contributed by atoms with Crippen molar-refractivity contribution in [3.63, 3.8) is 0 Å². The predicted molar refractivity (Wildman–Crippen MR) is 63.4 cm³/mol. The molecule has 1 N–H and O–H groups in total. The number of nitrogens with one attached hydrogen (secondary N) is 1. The Balaban J connectivity index is 1.78. The van der Waals surface area contributed by atoms with Crippen molar-refractivity contribution in [2.45, 2.75) is 12.8 Å². The molecule has 0 saturated heterocycles. The van der Waals surface area contributed by atoms with Crippen LogP contribution in [0.3, 0.4) is 0 Å². The van der Waals surface area contributed by atoms with Gasteiger partial charge < -0.3 is 5.32 Å². The second kappa shape index (κ2) is 5.04. The van der Waals surface area contributed by atoms with Gasteiger partial charge in [-0.1, -0.05) is 6.07 Å². The quantitative estimate of drug-likeness (QED) is 0.890. The Kier molecular flexibility index (Phi) is 3.47. The van der Waals surface area contributed by atoms with Crippen molar-refractivity contribution in [1.29, 1.82) is 0 Å². The van der Waals surface area contributed by atoms with Crippen LogP contribution in [0.15, 0.2) is 29.1 Å². The average Bonchev–Trinajstić information content (AvgIpc) is 2.86. The summed E-state index contributed by atoms with van der Waals surface area (Å²) in [6, 6.07) is 4.04. The van der Waals surface area contributed by atoms with Crippen molar-refractivity contribution in [2.24, 2.45) is 0 Å². The lowest BCUT2D eigenvalue weighted by molar-refractivity contribution is -0.116. The molecule has 2 aromatic rings. The fraction of sp³-hybridized carbons (Fsp3) is 0.200. The fourth-order valence-electron chi connectivity index (χ4n) is 1.16. The molecule has 2 rings (SSSR count). The molecule has 78 valence electrons. The maximum absolute atomic E-state index is 11.5. The predicted octanol–water partition coefficient (Wildman–Crippen LogP) is 2.78. The maximum Gasteiger partial charge on any atom is 0.226 e. The fourth-order valence-corrected chi connectivity index (χ4v) is 2.41. The molecule has 0 aliphatic carbocycles. The van der Waals surface area contributed by atoms with Gasteiger partial charge >= 0.3 is 0 Å². The van der Waals surface area contributed by atoms with Crippen LogP contribution in [0.4, 0.5) is 5.13 Å². The van der Waals surface area contributed by atoms with E-state index in [2.05, 4.69) is 10.3 Å². The van der Waals surface area contributed by atoms with Gasteiger partial charge in [-0.15, -0.1) is 22.7 Å². The van der Waals surface area contributed by atoms with E-state index >= 15 is 0 Å². The molecule has 15 heavy (non-hydrogen) atoms. The van der Waals surface area contributed by atoms with E-state index in [1.54, 1.807) is 17.5 Å². The topological polar surface area (TPSA) is 42.0 Å². The first-order chi connectivity index (χ1) is 7.34. The summed E-state index contributed by atoms with van der Waals surface area (Å²) in [6.07, 6.45) is 2.99. The highest BCUT2D eigenvalue weighted by molar-refractivity contribution is 7.13. The monoisotopic (exact) mass is 238 g/mol. The number of anilines is 1. The summed E-state index contributed by atoms with van der Waals surface area (Å²) in [5, 5.41) is 7.29. The first kappa shape index (κ1) is 10.3. The van der Waals surface area contributed by atoms with Gasteiger partial charge in [-0.3, -0.25) is 4.79 Å². The van der Waals surface area contributed by atoms with E-state index < -0.39 is 0 Å². The minimum atomic E-state index is 0.0263. The minimum absolute atomic E-state index is 0.0263. The Bertz CT molecular complexity index is 409. The van der Waals surface area contributed by atoms with Crippen LogP contribution >= 0.6 is 22.7 Å². The number of aromatic nitrogens is 1. The van der Waals surface area contributed by atoms with E-state index in [-0.39, 0.29) is 5.91 Å². The van der Waals surface area contributed by atoms with E-state index in [0.29, 0.717) is 11.6 Å². The highest BCUT2D eigenvalue weighted by Crippen LogP contribution is 2.13. The number of carbonyl (C=O) groups excluding carboxylic acids is 1.